The summed E-state index contributed by atoms with van der Waals surface area (Å²) in [7, 11) is 0. The van der Waals surface area contributed by atoms with Gasteiger partial charge in [-0.05, 0) is 25.0 Å². The van der Waals surface area contributed by atoms with Gasteiger partial charge in [0, 0.05) is 17.8 Å². The van der Waals surface area contributed by atoms with Crippen molar-refractivity contribution in [3.8, 4) is 0 Å². The molecule has 1 aromatic rings. The van der Waals surface area contributed by atoms with Crippen LogP contribution in [0, 0.1) is 10.1 Å². The molecule has 1 aromatic carbocycles. The van der Waals surface area contributed by atoms with Gasteiger partial charge in [0.1, 0.15) is 0 Å². The van der Waals surface area contributed by atoms with Crippen LogP contribution in [0.25, 0.3) is 0 Å². The lowest BCUT2D eigenvalue weighted by molar-refractivity contribution is -0.384. The van der Waals surface area contributed by atoms with Crippen molar-refractivity contribution in [2.24, 2.45) is 5.10 Å². The summed E-state index contributed by atoms with van der Waals surface area (Å²) in [6, 6.07) is 5.97. The highest BCUT2D eigenvalue weighted by molar-refractivity contribution is 6.12. The molecule has 1 aliphatic heterocycles. The van der Waals surface area contributed by atoms with Crippen molar-refractivity contribution in [1.82, 2.24) is 0 Å². The van der Waals surface area contributed by atoms with Gasteiger partial charge in [-0.3, -0.25) is 14.9 Å². The molecule has 0 N–H and O–H groups in total. The first-order valence-corrected chi connectivity index (χ1v) is 12.8. The fourth-order valence-electron chi connectivity index (χ4n) is 4.24. The minimum absolute atomic E-state index is 0.0161. The molecule has 0 atom stereocenters. The van der Waals surface area contributed by atoms with Crippen LogP contribution in [-0.2, 0) is 4.79 Å². The van der Waals surface area contributed by atoms with E-state index in [0.717, 1.165) is 18.6 Å². The summed E-state index contributed by atoms with van der Waals surface area (Å²) >= 11 is 0. The zero-order chi connectivity index (χ0) is 23.0. The molecule has 6 heteroatoms. The van der Waals surface area contributed by atoms with Crippen molar-refractivity contribution in [3.05, 3.63) is 34.4 Å². The predicted molar refractivity (Wildman–Crippen MR) is 132 cm³/mol. The second-order valence-corrected chi connectivity index (χ2v) is 9.02. The van der Waals surface area contributed by atoms with Gasteiger partial charge >= 0.3 is 0 Å². The first-order chi connectivity index (χ1) is 15.6. The number of hydrogen-bond donors (Lipinski definition) is 0. The fraction of sp³-hybridized carbons (Fsp3) is 0.692. The lowest BCUT2D eigenvalue weighted by Crippen LogP contribution is -2.19. The Labute approximate surface area is 193 Å². The summed E-state index contributed by atoms with van der Waals surface area (Å²) in [5.74, 6) is -0.0604. The van der Waals surface area contributed by atoms with E-state index in [1.165, 1.54) is 107 Å². The summed E-state index contributed by atoms with van der Waals surface area (Å²) in [4.78, 5) is 22.6. The first-order valence-electron chi connectivity index (χ1n) is 12.8. The standard InChI is InChI=1S/C26H41N3O3/c1-2-3-4-5-6-7-8-9-10-11-12-13-14-15-16-17-23-22-26(30)28(27-23)24-18-20-25(21-19-24)29(31)32/h18-21H,2-17,22H2,1H3. The van der Waals surface area contributed by atoms with Gasteiger partial charge in [-0.1, -0.05) is 96.8 Å². The highest BCUT2D eigenvalue weighted by Gasteiger charge is 2.25. The summed E-state index contributed by atoms with van der Waals surface area (Å²) < 4.78 is 0. The van der Waals surface area contributed by atoms with E-state index in [-0.39, 0.29) is 11.6 Å². The number of nitro groups is 1. The van der Waals surface area contributed by atoms with Crippen molar-refractivity contribution >= 4 is 23.0 Å². The zero-order valence-electron chi connectivity index (χ0n) is 19.9. The number of rotatable bonds is 18. The second kappa shape index (κ2) is 15.5. The van der Waals surface area contributed by atoms with Crippen molar-refractivity contribution in [1.29, 1.82) is 0 Å². The number of nitro benzene ring substituents is 1. The molecule has 1 heterocycles. The van der Waals surface area contributed by atoms with E-state index in [2.05, 4.69) is 12.0 Å². The first kappa shape index (κ1) is 26.0. The Kier molecular flexibility index (Phi) is 12.6. The predicted octanol–water partition coefficient (Wildman–Crippen LogP) is 7.95. The zero-order valence-corrected chi connectivity index (χ0v) is 19.9. The average Bonchev–Trinajstić information content (AvgIpc) is 3.16. The van der Waals surface area contributed by atoms with Crippen LogP contribution in [0.3, 0.4) is 0 Å². The minimum atomic E-state index is -0.444. The molecule has 0 fully saturated rings. The summed E-state index contributed by atoms with van der Waals surface area (Å²) in [6.45, 7) is 2.27. The van der Waals surface area contributed by atoms with Crippen LogP contribution in [0.2, 0.25) is 0 Å². The Bertz CT molecular complexity index is 716. The van der Waals surface area contributed by atoms with E-state index in [9.17, 15) is 14.9 Å². The number of amides is 1. The van der Waals surface area contributed by atoms with E-state index in [4.69, 9.17) is 0 Å². The maximum absolute atomic E-state index is 12.2. The van der Waals surface area contributed by atoms with Crippen LogP contribution in [0.15, 0.2) is 29.4 Å². The van der Waals surface area contributed by atoms with Crippen LogP contribution in [0.1, 0.15) is 116 Å². The molecule has 0 saturated heterocycles. The molecular weight excluding hydrogens is 402 g/mol. The van der Waals surface area contributed by atoms with E-state index in [1.54, 1.807) is 12.1 Å². The number of hydrazone groups is 1. The van der Waals surface area contributed by atoms with Crippen molar-refractivity contribution < 1.29 is 9.72 Å². The van der Waals surface area contributed by atoms with Crippen molar-refractivity contribution in [2.75, 3.05) is 5.01 Å². The number of non-ortho nitro benzene ring substituents is 1. The van der Waals surface area contributed by atoms with Gasteiger partial charge < -0.3 is 0 Å². The van der Waals surface area contributed by atoms with E-state index < -0.39 is 4.92 Å². The Balaban J connectivity index is 1.48. The number of carbonyl (C=O) groups excluding carboxylic acids is 1. The Hall–Kier alpha value is -2.24. The normalized spacial score (nSPS) is 13.6. The molecule has 0 saturated carbocycles. The van der Waals surface area contributed by atoms with Crippen LogP contribution < -0.4 is 5.01 Å². The Morgan fingerprint density at radius 3 is 1.75 bits per heavy atom. The fourth-order valence-corrected chi connectivity index (χ4v) is 4.24. The monoisotopic (exact) mass is 443 g/mol. The maximum Gasteiger partial charge on any atom is 0.269 e. The van der Waals surface area contributed by atoms with Gasteiger partial charge in [0.2, 0.25) is 0 Å². The molecule has 0 radical (unpaired) electrons. The number of nitrogens with zero attached hydrogens (tertiary/aromatic N) is 3. The highest BCUT2D eigenvalue weighted by Crippen LogP contribution is 2.24. The molecule has 0 spiro atoms. The summed E-state index contributed by atoms with van der Waals surface area (Å²) in [6.07, 6.45) is 21.3. The lowest BCUT2D eigenvalue weighted by atomic mass is 10.0. The number of benzene rings is 1. The van der Waals surface area contributed by atoms with E-state index in [0.29, 0.717) is 12.1 Å². The number of unbranched alkanes of at least 4 members (excludes halogenated alkanes) is 14. The molecule has 0 aliphatic carbocycles. The Morgan fingerprint density at radius 1 is 0.812 bits per heavy atom. The SMILES string of the molecule is CCCCCCCCCCCCCCCCCC1=NN(c2ccc([N+](=O)[O-])cc2)C(=O)C1. The molecule has 0 aromatic heterocycles. The van der Waals surface area contributed by atoms with Crippen molar-refractivity contribution in [2.45, 2.75) is 116 Å². The third-order valence-corrected chi connectivity index (χ3v) is 6.21. The van der Waals surface area contributed by atoms with Gasteiger partial charge in [0.05, 0.1) is 17.0 Å². The minimum Gasteiger partial charge on any atom is -0.272 e. The molecule has 0 unspecified atom stereocenters. The van der Waals surface area contributed by atoms with Crippen LogP contribution >= 0.6 is 0 Å². The van der Waals surface area contributed by atoms with Gasteiger partial charge in [-0.25, -0.2) is 5.01 Å². The van der Waals surface area contributed by atoms with Gasteiger partial charge in [0.15, 0.2) is 0 Å². The van der Waals surface area contributed by atoms with Crippen LogP contribution in [-0.4, -0.2) is 16.5 Å². The van der Waals surface area contributed by atoms with E-state index in [1.807, 2.05) is 0 Å². The van der Waals surface area contributed by atoms with Crippen LogP contribution in [0.4, 0.5) is 11.4 Å². The average molecular weight is 444 g/mol. The van der Waals surface area contributed by atoms with Gasteiger partial charge in [-0.2, -0.15) is 5.10 Å². The molecule has 178 valence electrons. The summed E-state index contributed by atoms with van der Waals surface area (Å²) in [5, 5.41) is 16.6. The molecule has 6 nitrogen and oxygen atoms in total. The van der Waals surface area contributed by atoms with Gasteiger partial charge in [-0.15, -0.1) is 0 Å². The van der Waals surface area contributed by atoms with E-state index >= 15 is 0 Å². The quantitative estimate of drug-likeness (QED) is 0.131. The molecule has 32 heavy (non-hydrogen) atoms. The van der Waals surface area contributed by atoms with Gasteiger partial charge in [0.25, 0.3) is 11.6 Å². The Morgan fingerprint density at radius 2 is 1.28 bits per heavy atom. The smallest absolute Gasteiger partial charge is 0.269 e. The van der Waals surface area contributed by atoms with Crippen LogP contribution in [0.5, 0.6) is 0 Å². The second-order valence-electron chi connectivity index (χ2n) is 9.02. The number of hydrogen-bond acceptors (Lipinski definition) is 4. The topological polar surface area (TPSA) is 75.8 Å². The molecule has 1 aliphatic rings. The number of anilines is 1. The number of carbonyl (C=O) groups is 1. The largest absolute Gasteiger partial charge is 0.272 e. The lowest BCUT2D eigenvalue weighted by Gasteiger charge is -2.10. The third-order valence-electron chi connectivity index (χ3n) is 6.21. The molecular formula is C26H41N3O3. The molecule has 2 rings (SSSR count). The maximum atomic E-state index is 12.2. The molecule has 0 bridgehead atoms. The third kappa shape index (κ3) is 9.92. The van der Waals surface area contributed by atoms with Crippen molar-refractivity contribution in [3.63, 3.8) is 0 Å². The summed E-state index contributed by atoms with van der Waals surface area (Å²) in [5.41, 5.74) is 1.53. The highest BCUT2D eigenvalue weighted by atomic mass is 16.6. The molecule has 1 amide bonds.